The van der Waals surface area contributed by atoms with Crippen molar-refractivity contribution in [3.05, 3.63) is 65.9 Å². The number of carbonyl (C=O) groups is 1. The standard InChI is InChI=1S/C22H23N7O2/c1-15-10-20(29-14-24-25-26-29)11-17-6-9-28(21(15)17)13-19-3-2-18(12-23-19)16-4-7-27(8-5-16)22(30)31/h2-3,6,9-12,14,16H,4-5,7-8,13H2,1H3,(H,30,31). The highest BCUT2D eigenvalue weighted by Gasteiger charge is 2.23. The molecule has 0 saturated carbocycles. The predicted molar refractivity (Wildman–Crippen MR) is 114 cm³/mol. The Balaban J connectivity index is 1.33. The van der Waals surface area contributed by atoms with Gasteiger partial charge in [-0.2, -0.15) is 0 Å². The van der Waals surface area contributed by atoms with E-state index in [4.69, 9.17) is 10.1 Å². The molecule has 1 amide bonds. The molecule has 3 aromatic heterocycles. The molecule has 1 fully saturated rings. The van der Waals surface area contributed by atoms with Crippen molar-refractivity contribution < 1.29 is 9.90 Å². The molecule has 0 spiro atoms. The maximum atomic E-state index is 11.1. The molecule has 1 N–H and O–H groups in total. The van der Waals surface area contributed by atoms with E-state index in [1.807, 2.05) is 6.20 Å². The van der Waals surface area contributed by atoms with Crippen molar-refractivity contribution in [3.8, 4) is 5.69 Å². The van der Waals surface area contributed by atoms with Crippen molar-refractivity contribution in [3.63, 3.8) is 0 Å². The minimum atomic E-state index is -0.828. The van der Waals surface area contributed by atoms with Crippen LogP contribution >= 0.6 is 0 Å². The molecule has 4 aromatic rings. The summed E-state index contributed by atoms with van der Waals surface area (Å²) in [4.78, 5) is 17.3. The monoisotopic (exact) mass is 417 g/mol. The number of pyridine rings is 1. The van der Waals surface area contributed by atoms with Gasteiger partial charge in [-0.25, -0.2) is 9.48 Å². The van der Waals surface area contributed by atoms with Gasteiger partial charge in [0.15, 0.2) is 0 Å². The summed E-state index contributed by atoms with van der Waals surface area (Å²) in [5.74, 6) is 0.372. The fraction of sp³-hybridized carbons (Fsp3) is 0.318. The normalized spacial score (nSPS) is 14.9. The van der Waals surface area contributed by atoms with Crippen LogP contribution in [0.1, 0.15) is 35.6 Å². The SMILES string of the molecule is Cc1cc(-n2cnnn2)cc2ccn(Cc3ccc(C4CCN(C(=O)O)CC4)cn3)c12. The van der Waals surface area contributed by atoms with Crippen LogP contribution in [0.2, 0.25) is 0 Å². The maximum Gasteiger partial charge on any atom is 0.407 e. The Morgan fingerprint density at radius 1 is 1.19 bits per heavy atom. The van der Waals surface area contributed by atoms with Gasteiger partial charge in [0, 0.05) is 30.9 Å². The Morgan fingerprint density at radius 2 is 2.03 bits per heavy atom. The average molecular weight is 417 g/mol. The number of aromatic nitrogens is 6. The summed E-state index contributed by atoms with van der Waals surface area (Å²) in [5.41, 5.74) is 5.43. The molecule has 0 bridgehead atoms. The molecule has 0 unspecified atom stereocenters. The third-order valence-electron chi connectivity index (χ3n) is 6.07. The number of aryl methyl sites for hydroxylation is 1. The number of carboxylic acid groups (broad SMARTS) is 1. The first-order chi connectivity index (χ1) is 15.1. The average Bonchev–Trinajstić information content (AvgIpc) is 3.45. The zero-order valence-electron chi connectivity index (χ0n) is 17.2. The molecule has 5 rings (SSSR count). The highest BCUT2D eigenvalue weighted by Crippen LogP contribution is 2.28. The second-order valence-corrected chi connectivity index (χ2v) is 8.03. The first-order valence-corrected chi connectivity index (χ1v) is 10.3. The third kappa shape index (κ3) is 3.74. The van der Waals surface area contributed by atoms with Gasteiger partial charge in [0.1, 0.15) is 6.33 Å². The van der Waals surface area contributed by atoms with Crippen molar-refractivity contribution in [1.29, 1.82) is 0 Å². The van der Waals surface area contributed by atoms with Gasteiger partial charge in [-0.15, -0.1) is 5.10 Å². The van der Waals surface area contributed by atoms with Crippen molar-refractivity contribution in [2.24, 2.45) is 0 Å². The van der Waals surface area contributed by atoms with Crippen LogP contribution in [0.15, 0.2) is 49.1 Å². The highest BCUT2D eigenvalue weighted by atomic mass is 16.4. The van der Waals surface area contributed by atoms with Gasteiger partial charge < -0.3 is 14.6 Å². The zero-order valence-corrected chi connectivity index (χ0v) is 17.2. The van der Waals surface area contributed by atoms with Crippen LogP contribution in [0.25, 0.3) is 16.6 Å². The summed E-state index contributed by atoms with van der Waals surface area (Å²) < 4.78 is 3.87. The smallest absolute Gasteiger partial charge is 0.407 e. The summed E-state index contributed by atoms with van der Waals surface area (Å²) in [6.45, 7) is 3.95. The summed E-state index contributed by atoms with van der Waals surface area (Å²) in [6, 6.07) is 10.5. The molecule has 158 valence electrons. The molecule has 0 radical (unpaired) electrons. The molecule has 31 heavy (non-hydrogen) atoms. The molecule has 1 saturated heterocycles. The van der Waals surface area contributed by atoms with E-state index in [1.165, 1.54) is 16.0 Å². The van der Waals surface area contributed by atoms with Crippen molar-refractivity contribution >= 4 is 17.0 Å². The van der Waals surface area contributed by atoms with Gasteiger partial charge in [0.05, 0.1) is 23.4 Å². The Morgan fingerprint density at radius 3 is 2.71 bits per heavy atom. The van der Waals surface area contributed by atoms with Crippen molar-refractivity contribution in [2.45, 2.75) is 32.2 Å². The Hall–Kier alpha value is -3.75. The lowest BCUT2D eigenvalue weighted by molar-refractivity contribution is 0.132. The molecule has 0 atom stereocenters. The van der Waals surface area contributed by atoms with Crippen molar-refractivity contribution in [2.75, 3.05) is 13.1 Å². The Kier molecular flexibility index (Phi) is 4.85. The lowest BCUT2D eigenvalue weighted by Crippen LogP contribution is -2.36. The largest absolute Gasteiger partial charge is 0.465 e. The number of likely N-dealkylation sites (tertiary alicyclic amines) is 1. The topological polar surface area (TPSA) is 102 Å². The third-order valence-corrected chi connectivity index (χ3v) is 6.07. The second kappa shape index (κ2) is 7.82. The number of tetrazole rings is 1. The maximum absolute atomic E-state index is 11.1. The van der Waals surface area contributed by atoms with Gasteiger partial charge >= 0.3 is 6.09 Å². The van der Waals surface area contributed by atoms with E-state index in [0.29, 0.717) is 25.6 Å². The highest BCUT2D eigenvalue weighted by molar-refractivity contribution is 5.85. The van der Waals surface area contributed by atoms with E-state index in [-0.39, 0.29) is 0 Å². The van der Waals surface area contributed by atoms with Crippen LogP contribution < -0.4 is 0 Å². The van der Waals surface area contributed by atoms with Gasteiger partial charge in [0.25, 0.3) is 0 Å². The number of fused-ring (bicyclic) bond motifs is 1. The summed E-state index contributed by atoms with van der Waals surface area (Å²) >= 11 is 0. The van der Waals surface area contributed by atoms with Gasteiger partial charge in [-0.05, 0) is 71.5 Å². The second-order valence-electron chi connectivity index (χ2n) is 8.03. The molecule has 1 aromatic carbocycles. The van der Waals surface area contributed by atoms with Crippen LogP contribution in [-0.4, -0.2) is 58.9 Å². The Bertz CT molecular complexity index is 1210. The summed E-state index contributed by atoms with van der Waals surface area (Å²) in [5, 5.41) is 21.6. The van der Waals surface area contributed by atoms with Gasteiger partial charge in [0.2, 0.25) is 0 Å². The van der Waals surface area contributed by atoms with E-state index in [0.717, 1.165) is 35.2 Å². The fourth-order valence-electron chi connectivity index (χ4n) is 4.44. The molecule has 1 aliphatic heterocycles. The number of piperidine rings is 1. The first kappa shape index (κ1) is 19.2. The number of hydrogen-bond donors (Lipinski definition) is 1. The van der Waals surface area contributed by atoms with E-state index < -0.39 is 6.09 Å². The number of rotatable bonds is 4. The van der Waals surface area contributed by atoms with Crippen LogP contribution in [0.3, 0.4) is 0 Å². The number of hydrogen-bond acceptors (Lipinski definition) is 5. The Labute approximate surface area is 178 Å². The van der Waals surface area contributed by atoms with Gasteiger partial charge in [-0.1, -0.05) is 6.07 Å². The molecule has 9 heteroatoms. The lowest BCUT2D eigenvalue weighted by Gasteiger charge is -2.30. The van der Waals surface area contributed by atoms with Crippen LogP contribution in [0.5, 0.6) is 0 Å². The van der Waals surface area contributed by atoms with E-state index in [2.05, 4.69) is 63.5 Å². The van der Waals surface area contributed by atoms with Crippen LogP contribution in [-0.2, 0) is 6.54 Å². The first-order valence-electron chi connectivity index (χ1n) is 10.3. The number of benzene rings is 1. The number of nitrogens with zero attached hydrogens (tertiary/aromatic N) is 7. The predicted octanol–water partition coefficient (Wildman–Crippen LogP) is 3.23. The van der Waals surface area contributed by atoms with Crippen molar-refractivity contribution in [1.82, 2.24) is 34.7 Å². The van der Waals surface area contributed by atoms with Crippen LogP contribution in [0.4, 0.5) is 4.79 Å². The molecule has 9 nitrogen and oxygen atoms in total. The van der Waals surface area contributed by atoms with Crippen LogP contribution in [0, 0.1) is 6.92 Å². The minimum absolute atomic E-state index is 0.372. The summed E-state index contributed by atoms with van der Waals surface area (Å²) in [6.07, 6.45) is 6.49. The van der Waals surface area contributed by atoms with Gasteiger partial charge in [-0.3, -0.25) is 4.98 Å². The quantitative estimate of drug-likeness (QED) is 0.547. The number of amides is 1. The molecule has 1 aliphatic rings. The van der Waals surface area contributed by atoms with E-state index in [9.17, 15) is 4.79 Å². The van der Waals surface area contributed by atoms with E-state index >= 15 is 0 Å². The van der Waals surface area contributed by atoms with E-state index in [1.54, 1.807) is 11.0 Å². The molecular weight excluding hydrogens is 394 g/mol. The summed E-state index contributed by atoms with van der Waals surface area (Å²) in [7, 11) is 0. The zero-order chi connectivity index (χ0) is 21.4. The minimum Gasteiger partial charge on any atom is -0.465 e. The molecule has 0 aliphatic carbocycles. The molecule has 4 heterocycles. The fourth-order valence-corrected chi connectivity index (χ4v) is 4.44. The molecular formula is C22H23N7O2. The lowest BCUT2D eigenvalue weighted by atomic mass is 9.90.